The lowest BCUT2D eigenvalue weighted by molar-refractivity contribution is 0.125. The summed E-state index contributed by atoms with van der Waals surface area (Å²) in [5.74, 6) is 1.70. The summed E-state index contributed by atoms with van der Waals surface area (Å²) in [7, 11) is 0. The lowest BCUT2D eigenvalue weighted by Gasteiger charge is -2.35. The smallest absolute Gasteiger partial charge is 0.236 e. The molecule has 0 spiro atoms. The van der Waals surface area contributed by atoms with Gasteiger partial charge < -0.3 is 4.42 Å². The van der Waals surface area contributed by atoms with E-state index in [0.29, 0.717) is 6.04 Å². The zero-order chi connectivity index (χ0) is 17.1. The summed E-state index contributed by atoms with van der Waals surface area (Å²) in [5, 5.41) is 6.39. The molecule has 1 aliphatic rings. The largest absolute Gasteiger partial charge is 0.440 e. The standard InChI is InChI=1S/C19H24N4OS/c1-15-17(21-19(24-15)18-7-4-13-25-18)14-22-10-3-2-6-16(22)8-12-23-11-5-9-20-23/h4-5,7,9,11,13,16H,2-3,6,8,10,12,14H2,1H3. The second kappa shape index (κ2) is 7.54. The molecule has 0 N–H and O–H groups in total. The average Bonchev–Trinajstić information content (AvgIpc) is 3.37. The van der Waals surface area contributed by atoms with Crippen LogP contribution >= 0.6 is 11.3 Å². The Morgan fingerprint density at radius 2 is 2.28 bits per heavy atom. The fourth-order valence-corrected chi connectivity index (χ4v) is 4.23. The Labute approximate surface area is 152 Å². The molecule has 0 bridgehead atoms. The molecule has 0 aromatic carbocycles. The number of thiophene rings is 1. The van der Waals surface area contributed by atoms with Crippen molar-refractivity contribution >= 4 is 11.3 Å². The number of aromatic nitrogens is 3. The second-order valence-corrected chi connectivity index (χ2v) is 7.62. The summed E-state index contributed by atoms with van der Waals surface area (Å²) in [5.41, 5.74) is 1.08. The van der Waals surface area contributed by atoms with Crippen molar-refractivity contribution in [1.29, 1.82) is 0 Å². The molecule has 1 atom stereocenters. The van der Waals surface area contributed by atoms with Gasteiger partial charge in [0.05, 0.1) is 10.6 Å². The fourth-order valence-electron chi connectivity index (χ4n) is 3.58. The minimum atomic E-state index is 0.597. The van der Waals surface area contributed by atoms with Crippen molar-refractivity contribution in [1.82, 2.24) is 19.7 Å². The third-order valence-electron chi connectivity index (χ3n) is 4.98. The quantitative estimate of drug-likeness (QED) is 0.659. The van der Waals surface area contributed by atoms with Crippen LogP contribution in [0, 0.1) is 6.92 Å². The SMILES string of the molecule is Cc1oc(-c2cccs2)nc1CN1CCCCC1CCn1cccn1. The van der Waals surface area contributed by atoms with Gasteiger partial charge in [-0.05, 0) is 50.2 Å². The highest BCUT2D eigenvalue weighted by atomic mass is 32.1. The minimum Gasteiger partial charge on any atom is -0.440 e. The third-order valence-corrected chi connectivity index (χ3v) is 5.84. The molecule has 4 rings (SSSR count). The lowest BCUT2D eigenvalue weighted by Crippen LogP contribution is -2.39. The van der Waals surface area contributed by atoms with Crippen molar-refractivity contribution in [2.45, 2.75) is 51.7 Å². The van der Waals surface area contributed by atoms with Crippen LogP contribution in [0.15, 0.2) is 40.4 Å². The molecule has 5 nitrogen and oxygen atoms in total. The summed E-state index contributed by atoms with van der Waals surface area (Å²) in [4.78, 5) is 8.45. The number of nitrogens with zero attached hydrogens (tertiary/aromatic N) is 4. The highest BCUT2D eigenvalue weighted by Gasteiger charge is 2.24. The van der Waals surface area contributed by atoms with Crippen LogP contribution in [-0.2, 0) is 13.1 Å². The number of hydrogen-bond acceptors (Lipinski definition) is 5. The first-order chi connectivity index (χ1) is 12.3. The summed E-state index contributed by atoms with van der Waals surface area (Å²) in [6.45, 7) is 5.03. The summed E-state index contributed by atoms with van der Waals surface area (Å²) in [6, 6.07) is 6.69. The van der Waals surface area contributed by atoms with Gasteiger partial charge >= 0.3 is 0 Å². The molecule has 6 heteroatoms. The van der Waals surface area contributed by atoms with Crippen molar-refractivity contribution in [2.75, 3.05) is 6.54 Å². The van der Waals surface area contributed by atoms with Gasteiger partial charge in [0.15, 0.2) is 0 Å². The average molecular weight is 356 g/mol. The van der Waals surface area contributed by atoms with Crippen LogP contribution in [0.5, 0.6) is 0 Å². The number of piperidine rings is 1. The first-order valence-corrected chi connectivity index (χ1v) is 9.89. The first kappa shape index (κ1) is 16.5. The molecule has 1 unspecified atom stereocenters. The highest BCUT2D eigenvalue weighted by Crippen LogP contribution is 2.28. The van der Waals surface area contributed by atoms with Crippen LogP contribution in [0.2, 0.25) is 0 Å². The molecule has 0 saturated carbocycles. The van der Waals surface area contributed by atoms with Crippen molar-refractivity contribution < 1.29 is 4.42 Å². The van der Waals surface area contributed by atoms with E-state index in [1.54, 1.807) is 11.3 Å². The molecule has 0 radical (unpaired) electrons. The predicted molar refractivity (Wildman–Crippen MR) is 99.4 cm³/mol. The summed E-state index contributed by atoms with van der Waals surface area (Å²) >= 11 is 1.67. The van der Waals surface area contributed by atoms with Crippen LogP contribution in [0.1, 0.15) is 37.1 Å². The number of oxazole rings is 1. The van der Waals surface area contributed by atoms with Gasteiger partial charge in [0.25, 0.3) is 0 Å². The lowest BCUT2D eigenvalue weighted by atomic mass is 9.99. The van der Waals surface area contributed by atoms with Gasteiger partial charge in [-0.2, -0.15) is 5.10 Å². The number of aryl methyl sites for hydroxylation is 2. The van der Waals surface area contributed by atoms with Crippen molar-refractivity contribution in [2.24, 2.45) is 0 Å². The zero-order valence-electron chi connectivity index (χ0n) is 14.6. The predicted octanol–water partition coefficient (Wildman–Crippen LogP) is 4.35. The maximum absolute atomic E-state index is 5.91. The molecule has 4 heterocycles. The Bertz CT molecular complexity index is 779. The Balaban J connectivity index is 1.44. The van der Waals surface area contributed by atoms with Crippen molar-refractivity contribution in [3.63, 3.8) is 0 Å². The number of likely N-dealkylation sites (tertiary alicyclic amines) is 1. The van der Waals surface area contributed by atoms with E-state index in [4.69, 9.17) is 9.40 Å². The highest BCUT2D eigenvalue weighted by molar-refractivity contribution is 7.13. The van der Waals surface area contributed by atoms with Gasteiger partial charge in [0.1, 0.15) is 5.76 Å². The maximum Gasteiger partial charge on any atom is 0.236 e. The third kappa shape index (κ3) is 3.85. The van der Waals surface area contributed by atoms with Crippen molar-refractivity contribution in [3.8, 4) is 10.8 Å². The van der Waals surface area contributed by atoms with E-state index in [9.17, 15) is 0 Å². The molecular formula is C19H24N4OS. The number of rotatable bonds is 6. The second-order valence-electron chi connectivity index (χ2n) is 6.68. The molecule has 25 heavy (non-hydrogen) atoms. The Morgan fingerprint density at radius 3 is 3.08 bits per heavy atom. The fraction of sp³-hybridized carbons (Fsp3) is 0.474. The summed E-state index contributed by atoms with van der Waals surface area (Å²) in [6.07, 6.45) is 8.88. The van der Waals surface area contributed by atoms with Crippen LogP contribution < -0.4 is 0 Å². The topological polar surface area (TPSA) is 47.1 Å². The van der Waals surface area contributed by atoms with Crippen LogP contribution in [0.4, 0.5) is 0 Å². The maximum atomic E-state index is 5.91. The summed E-state index contributed by atoms with van der Waals surface area (Å²) < 4.78 is 7.94. The Kier molecular flexibility index (Phi) is 4.99. The molecule has 3 aromatic heterocycles. The molecule has 3 aromatic rings. The zero-order valence-corrected chi connectivity index (χ0v) is 15.4. The van der Waals surface area contributed by atoms with E-state index in [2.05, 4.69) is 21.4 Å². The Hall–Kier alpha value is -1.92. The molecule has 1 aliphatic heterocycles. The van der Waals surface area contributed by atoms with Gasteiger partial charge in [-0.25, -0.2) is 4.98 Å². The molecule has 132 valence electrons. The van der Waals surface area contributed by atoms with Gasteiger partial charge in [-0.1, -0.05) is 12.5 Å². The minimum absolute atomic E-state index is 0.597. The van der Waals surface area contributed by atoms with Crippen molar-refractivity contribution in [3.05, 3.63) is 47.4 Å². The normalized spacial score (nSPS) is 18.7. The number of hydrogen-bond donors (Lipinski definition) is 0. The van der Waals surface area contributed by atoms with E-state index in [-0.39, 0.29) is 0 Å². The van der Waals surface area contributed by atoms with E-state index < -0.39 is 0 Å². The van der Waals surface area contributed by atoms with Crippen LogP contribution in [0.25, 0.3) is 10.8 Å². The first-order valence-electron chi connectivity index (χ1n) is 9.01. The van der Waals surface area contributed by atoms with E-state index in [1.165, 1.54) is 19.3 Å². The Morgan fingerprint density at radius 1 is 1.32 bits per heavy atom. The van der Waals surface area contributed by atoms with E-state index in [0.717, 1.165) is 48.3 Å². The van der Waals surface area contributed by atoms with Crippen LogP contribution in [-0.4, -0.2) is 32.3 Å². The van der Waals surface area contributed by atoms with Gasteiger partial charge in [0, 0.05) is 31.5 Å². The molecule has 1 fully saturated rings. The van der Waals surface area contributed by atoms with E-state index in [1.807, 2.05) is 36.1 Å². The molecule has 1 saturated heterocycles. The molecule has 0 aliphatic carbocycles. The molecular weight excluding hydrogens is 332 g/mol. The van der Waals surface area contributed by atoms with Crippen LogP contribution in [0.3, 0.4) is 0 Å². The monoisotopic (exact) mass is 356 g/mol. The van der Waals surface area contributed by atoms with Gasteiger partial charge in [-0.3, -0.25) is 9.58 Å². The van der Waals surface area contributed by atoms with E-state index >= 15 is 0 Å². The van der Waals surface area contributed by atoms with Gasteiger partial charge in [-0.15, -0.1) is 11.3 Å². The van der Waals surface area contributed by atoms with Gasteiger partial charge in [0.2, 0.25) is 5.89 Å². The molecule has 0 amide bonds.